The maximum absolute atomic E-state index is 10.1. The third kappa shape index (κ3) is 18.8. The van der Waals surface area contributed by atoms with Crippen LogP contribution in [0.2, 0.25) is 0 Å². The van der Waals surface area contributed by atoms with Crippen molar-refractivity contribution in [3.8, 4) is 0 Å². The summed E-state index contributed by atoms with van der Waals surface area (Å²) in [5.41, 5.74) is 10.4. The van der Waals surface area contributed by atoms with Gasteiger partial charge in [0.05, 0.1) is 6.10 Å². The average molecular weight is 302 g/mol. The van der Waals surface area contributed by atoms with Crippen molar-refractivity contribution >= 4 is 12.3 Å². The minimum absolute atomic E-state index is 0.438. The van der Waals surface area contributed by atoms with E-state index in [9.17, 15) is 9.59 Å². The molecule has 21 heavy (non-hydrogen) atoms. The van der Waals surface area contributed by atoms with Crippen LogP contribution < -0.4 is 11.5 Å². The highest BCUT2D eigenvalue weighted by Gasteiger charge is 2.09. The van der Waals surface area contributed by atoms with Gasteiger partial charge in [-0.3, -0.25) is 9.59 Å². The Hall–Kier alpha value is -1.24. The van der Waals surface area contributed by atoms with Gasteiger partial charge < -0.3 is 21.7 Å². The van der Waals surface area contributed by atoms with Crippen LogP contribution in [0.15, 0.2) is 12.2 Å². The first-order valence-corrected chi connectivity index (χ1v) is 7.48. The second-order valence-corrected chi connectivity index (χ2v) is 4.81. The third-order valence-corrected chi connectivity index (χ3v) is 2.80. The monoisotopic (exact) mass is 302 g/mol. The largest absolute Gasteiger partial charge is 0.480 e. The van der Waals surface area contributed by atoms with Gasteiger partial charge in [-0.05, 0) is 31.9 Å². The van der Waals surface area contributed by atoms with Gasteiger partial charge in [-0.25, -0.2) is 0 Å². The maximum Gasteiger partial charge on any atom is 0.320 e. The van der Waals surface area contributed by atoms with E-state index in [4.69, 9.17) is 21.7 Å². The fourth-order valence-corrected chi connectivity index (χ4v) is 1.51. The molecule has 0 spiro atoms. The van der Waals surface area contributed by atoms with Crippen LogP contribution in [-0.2, 0) is 9.59 Å². The van der Waals surface area contributed by atoms with Crippen molar-refractivity contribution in [3.05, 3.63) is 12.2 Å². The van der Waals surface area contributed by atoms with Crippen molar-refractivity contribution in [1.29, 1.82) is 0 Å². The van der Waals surface area contributed by atoms with Gasteiger partial charge in [-0.15, -0.1) is 0 Å². The molecule has 0 aromatic rings. The molecule has 0 saturated heterocycles. The molecule has 0 aliphatic rings. The minimum Gasteiger partial charge on any atom is -0.480 e. The normalized spacial score (nSPS) is 13.3. The molecule has 124 valence electrons. The molecule has 0 aliphatic heterocycles. The molecule has 0 radical (unpaired) electrons. The number of unbranched alkanes of at least 4 members (excludes halogenated alkanes) is 3. The zero-order chi connectivity index (χ0) is 16.5. The SMILES string of the molecule is CCCCCC(O)C=CC=O.NCCCC[C@H](N)C(=O)O. The van der Waals surface area contributed by atoms with Gasteiger partial charge in [-0.1, -0.05) is 38.7 Å². The van der Waals surface area contributed by atoms with Crippen LogP contribution in [0.25, 0.3) is 0 Å². The molecule has 0 fully saturated rings. The van der Waals surface area contributed by atoms with Gasteiger partial charge in [-0.2, -0.15) is 0 Å². The molecular weight excluding hydrogens is 272 g/mol. The van der Waals surface area contributed by atoms with E-state index in [0.29, 0.717) is 19.3 Å². The summed E-state index contributed by atoms with van der Waals surface area (Å²) in [6, 6.07) is -0.716. The summed E-state index contributed by atoms with van der Waals surface area (Å²) in [5, 5.41) is 17.5. The summed E-state index contributed by atoms with van der Waals surface area (Å²) in [5.74, 6) is -0.933. The van der Waals surface area contributed by atoms with E-state index in [2.05, 4.69) is 6.92 Å². The lowest BCUT2D eigenvalue weighted by atomic mass is 10.1. The van der Waals surface area contributed by atoms with Crippen molar-refractivity contribution in [2.45, 2.75) is 64.0 Å². The molecular formula is C15H30N2O4. The standard InChI is InChI=1S/C9H16O2.C6H14N2O2/c1-2-3-4-6-9(11)7-5-8-10;7-4-2-1-3-5(8)6(9)10/h5,7-9,11H,2-4,6H2,1H3;5H,1-4,7-8H2,(H,9,10)/t;5-/m.0/s1. The Kier molecular flexibility index (Phi) is 17.7. The van der Waals surface area contributed by atoms with Crippen LogP contribution in [0.4, 0.5) is 0 Å². The highest BCUT2D eigenvalue weighted by Crippen LogP contribution is 2.03. The fourth-order valence-electron chi connectivity index (χ4n) is 1.51. The number of nitrogens with two attached hydrogens (primary N) is 2. The van der Waals surface area contributed by atoms with E-state index < -0.39 is 18.1 Å². The highest BCUT2D eigenvalue weighted by atomic mass is 16.4. The third-order valence-electron chi connectivity index (χ3n) is 2.80. The Bertz CT molecular complexity index is 283. The predicted molar refractivity (Wildman–Crippen MR) is 83.9 cm³/mol. The first kappa shape index (κ1) is 22.0. The molecule has 0 aromatic heterocycles. The number of carboxylic acid groups (broad SMARTS) is 1. The van der Waals surface area contributed by atoms with E-state index >= 15 is 0 Å². The molecule has 0 bridgehead atoms. The summed E-state index contributed by atoms with van der Waals surface area (Å²) in [6.45, 7) is 2.72. The van der Waals surface area contributed by atoms with Crippen molar-refractivity contribution in [2.75, 3.05) is 6.54 Å². The van der Waals surface area contributed by atoms with Crippen LogP contribution in [0.5, 0.6) is 0 Å². The number of hydrogen-bond acceptors (Lipinski definition) is 5. The number of aliphatic hydroxyl groups excluding tert-OH is 1. The molecule has 1 unspecified atom stereocenters. The van der Waals surface area contributed by atoms with Gasteiger partial charge in [0.25, 0.3) is 0 Å². The number of allylic oxidation sites excluding steroid dienone is 1. The van der Waals surface area contributed by atoms with Crippen LogP contribution in [-0.4, -0.2) is 41.2 Å². The number of hydrogen-bond donors (Lipinski definition) is 4. The second kappa shape index (κ2) is 16.8. The minimum atomic E-state index is -0.933. The number of rotatable bonds is 11. The van der Waals surface area contributed by atoms with E-state index in [1.54, 1.807) is 0 Å². The van der Waals surface area contributed by atoms with Crippen molar-refractivity contribution < 1.29 is 19.8 Å². The Morgan fingerprint density at radius 3 is 2.29 bits per heavy atom. The van der Waals surface area contributed by atoms with Crippen LogP contribution in [0.3, 0.4) is 0 Å². The van der Waals surface area contributed by atoms with Crippen LogP contribution in [0.1, 0.15) is 51.9 Å². The maximum atomic E-state index is 10.1. The summed E-state index contributed by atoms with van der Waals surface area (Å²) in [7, 11) is 0. The van der Waals surface area contributed by atoms with Gasteiger partial charge in [0.15, 0.2) is 0 Å². The van der Waals surface area contributed by atoms with Crippen LogP contribution in [0, 0.1) is 0 Å². The molecule has 0 aliphatic carbocycles. The Morgan fingerprint density at radius 2 is 1.81 bits per heavy atom. The molecule has 6 nitrogen and oxygen atoms in total. The quantitative estimate of drug-likeness (QED) is 0.258. The summed E-state index contributed by atoms with van der Waals surface area (Å²) in [6.07, 6.45) is 9.38. The fraction of sp³-hybridized carbons (Fsp3) is 0.733. The number of aliphatic hydroxyl groups is 1. The molecule has 0 heterocycles. The van der Waals surface area contributed by atoms with Crippen LogP contribution >= 0.6 is 0 Å². The zero-order valence-corrected chi connectivity index (χ0v) is 12.9. The molecule has 0 saturated carbocycles. The number of aldehydes is 1. The smallest absolute Gasteiger partial charge is 0.320 e. The highest BCUT2D eigenvalue weighted by molar-refractivity contribution is 5.72. The predicted octanol–water partition coefficient (Wildman–Crippen LogP) is 1.21. The summed E-state index contributed by atoms with van der Waals surface area (Å²) < 4.78 is 0. The summed E-state index contributed by atoms with van der Waals surface area (Å²) in [4.78, 5) is 20.0. The van der Waals surface area contributed by atoms with Gasteiger partial charge in [0.1, 0.15) is 12.3 Å². The summed E-state index contributed by atoms with van der Waals surface area (Å²) >= 11 is 0. The van der Waals surface area contributed by atoms with Crippen molar-refractivity contribution in [1.82, 2.24) is 0 Å². The number of carbonyl (C=O) groups excluding carboxylic acids is 1. The molecule has 0 aromatic carbocycles. The van der Waals surface area contributed by atoms with E-state index in [1.807, 2.05) is 0 Å². The number of carbonyl (C=O) groups is 2. The van der Waals surface area contributed by atoms with Crippen molar-refractivity contribution in [3.63, 3.8) is 0 Å². The second-order valence-electron chi connectivity index (χ2n) is 4.81. The first-order valence-electron chi connectivity index (χ1n) is 7.48. The van der Waals surface area contributed by atoms with Gasteiger partial charge in [0, 0.05) is 0 Å². The van der Waals surface area contributed by atoms with E-state index in [0.717, 1.165) is 38.5 Å². The van der Waals surface area contributed by atoms with E-state index in [-0.39, 0.29) is 0 Å². The lowest BCUT2D eigenvalue weighted by Crippen LogP contribution is -2.29. The first-order chi connectivity index (χ1) is 9.99. The number of aliphatic carboxylic acids is 1. The zero-order valence-electron chi connectivity index (χ0n) is 12.9. The molecule has 6 heteroatoms. The molecule has 2 atom stereocenters. The average Bonchev–Trinajstić information content (AvgIpc) is 2.46. The van der Waals surface area contributed by atoms with Gasteiger partial charge >= 0.3 is 5.97 Å². The lowest BCUT2D eigenvalue weighted by molar-refractivity contribution is -0.138. The lowest BCUT2D eigenvalue weighted by Gasteiger charge is -2.03. The number of carboxylic acids is 1. The van der Waals surface area contributed by atoms with Gasteiger partial charge in [0.2, 0.25) is 0 Å². The Labute approximate surface area is 127 Å². The molecule has 0 rings (SSSR count). The van der Waals surface area contributed by atoms with Crippen molar-refractivity contribution in [2.24, 2.45) is 11.5 Å². The Morgan fingerprint density at radius 1 is 1.19 bits per heavy atom. The Balaban J connectivity index is 0. The topological polar surface area (TPSA) is 127 Å². The molecule has 0 amide bonds. The molecule has 6 N–H and O–H groups in total. The van der Waals surface area contributed by atoms with E-state index in [1.165, 1.54) is 12.2 Å².